The van der Waals surface area contributed by atoms with Crippen LogP contribution in [0.5, 0.6) is 0 Å². The number of hydrogen-bond donors (Lipinski definition) is 1. The summed E-state index contributed by atoms with van der Waals surface area (Å²) in [4.78, 5) is 0. The van der Waals surface area contributed by atoms with Gasteiger partial charge in [0.05, 0.1) is 0 Å². The van der Waals surface area contributed by atoms with Crippen LogP contribution in [0.3, 0.4) is 0 Å². The zero-order valence-electron chi connectivity index (χ0n) is 10.1. The van der Waals surface area contributed by atoms with E-state index in [4.69, 9.17) is 0 Å². The summed E-state index contributed by atoms with van der Waals surface area (Å²) >= 11 is 0. The molecular weight excluding hydrogens is 194 g/mol. The lowest BCUT2D eigenvalue weighted by Gasteiger charge is -2.52. The van der Waals surface area contributed by atoms with Gasteiger partial charge >= 0.3 is 0 Å². The van der Waals surface area contributed by atoms with Crippen LogP contribution in [0.4, 0.5) is 0 Å². The lowest BCUT2D eigenvalue weighted by atomic mass is 9.59. The predicted molar refractivity (Wildman–Crippen MR) is 63.9 cm³/mol. The zero-order chi connectivity index (χ0) is 9.91. The van der Waals surface area contributed by atoms with Crippen molar-refractivity contribution in [1.29, 1.82) is 0 Å². The molecule has 2 bridgehead atoms. The van der Waals surface area contributed by atoms with Crippen LogP contribution in [0, 0.1) is 16.7 Å². The molecule has 0 spiro atoms. The first kappa shape index (κ1) is 12.3. The smallest absolute Gasteiger partial charge is 0.0257 e. The van der Waals surface area contributed by atoms with Crippen LogP contribution in [0.1, 0.15) is 47.0 Å². The number of fused-ring (bicyclic) bond motifs is 2. The molecule has 14 heavy (non-hydrogen) atoms. The molecule has 2 fully saturated rings. The Hall–Kier alpha value is 0.250. The third-order valence-corrected chi connectivity index (χ3v) is 5.76. The summed E-state index contributed by atoms with van der Waals surface area (Å²) in [5.41, 5.74) is 1.34. The Morgan fingerprint density at radius 3 is 2.00 bits per heavy atom. The first-order valence-corrected chi connectivity index (χ1v) is 5.56. The van der Waals surface area contributed by atoms with Gasteiger partial charge in [0.2, 0.25) is 0 Å². The van der Waals surface area contributed by atoms with E-state index in [0.717, 1.165) is 5.92 Å². The van der Waals surface area contributed by atoms with E-state index in [1.165, 1.54) is 19.3 Å². The summed E-state index contributed by atoms with van der Waals surface area (Å²) in [6.07, 6.45) is 4.29. The molecule has 3 atom stereocenters. The number of hydrogen-bond acceptors (Lipinski definition) is 1. The minimum atomic E-state index is 0. The number of halogens is 1. The topological polar surface area (TPSA) is 12.0 Å². The van der Waals surface area contributed by atoms with E-state index < -0.39 is 0 Å². The van der Waals surface area contributed by atoms with Crippen molar-refractivity contribution in [3.05, 3.63) is 0 Å². The molecule has 0 heterocycles. The molecule has 2 saturated carbocycles. The van der Waals surface area contributed by atoms with E-state index in [2.05, 4.69) is 40.1 Å². The van der Waals surface area contributed by atoms with Gasteiger partial charge in [0.1, 0.15) is 0 Å². The number of nitrogens with one attached hydrogen (secondary N) is 1. The third kappa shape index (κ3) is 1.06. The van der Waals surface area contributed by atoms with Crippen molar-refractivity contribution in [3.8, 4) is 0 Å². The average molecular weight is 218 g/mol. The van der Waals surface area contributed by atoms with E-state index >= 15 is 0 Å². The fourth-order valence-corrected chi connectivity index (χ4v) is 4.12. The van der Waals surface area contributed by atoms with Crippen LogP contribution < -0.4 is 5.32 Å². The van der Waals surface area contributed by atoms with E-state index in [9.17, 15) is 0 Å². The molecule has 0 aromatic heterocycles. The lowest BCUT2D eigenvalue weighted by molar-refractivity contribution is 0.0264. The standard InChI is InChI=1S/C12H23N.ClH/c1-10(2)9-6-7-11(3,8-9)12(10,4)13-5;/h9,13H,6-8H2,1-5H3;1H/t9-,11+,12+;/m1./s1. The molecule has 1 nitrogen and oxygen atoms in total. The van der Waals surface area contributed by atoms with Gasteiger partial charge in [-0.25, -0.2) is 0 Å². The molecule has 2 rings (SSSR count). The lowest BCUT2D eigenvalue weighted by Crippen LogP contribution is -2.60. The van der Waals surface area contributed by atoms with Crippen LogP contribution in [-0.2, 0) is 0 Å². The highest BCUT2D eigenvalue weighted by atomic mass is 35.5. The second kappa shape index (κ2) is 3.12. The molecule has 2 heteroatoms. The zero-order valence-corrected chi connectivity index (χ0v) is 10.9. The fraction of sp³-hybridized carbons (Fsp3) is 1.00. The van der Waals surface area contributed by atoms with Gasteiger partial charge in [-0.2, -0.15) is 0 Å². The maximum Gasteiger partial charge on any atom is 0.0257 e. The van der Waals surface area contributed by atoms with Gasteiger partial charge < -0.3 is 5.32 Å². The van der Waals surface area contributed by atoms with Gasteiger partial charge in [-0.15, -0.1) is 12.4 Å². The minimum Gasteiger partial charge on any atom is -0.313 e. The second-order valence-corrected chi connectivity index (χ2v) is 6.10. The highest BCUT2D eigenvalue weighted by Gasteiger charge is 2.65. The summed E-state index contributed by atoms with van der Waals surface area (Å²) in [6.45, 7) is 9.78. The average Bonchev–Trinajstić information content (AvgIpc) is 2.51. The highest BCUT2D eigenvalue weighted by Crippen LogP contribution is 2.67. The van der Waals surface area contributed by atoms with E-state index in [1.54, 1.807) is 0 Å². The molecule has 0 aromatic rings. The summed E-state index contributed by atoms with van der Waals surface area (Å²) in [5, 5.41) is 3.60. The van der Waals surface area contributed by atoms with Gasteiger partial charge in [-0.1, -0.05) is 20.8 Å². The summed E-state index contributed by atoms with van der Waals surface area (Å²) in [6, 6.07) is 0. The Morgan fingerprint density at radius 1 is 1.14 bits per heavy atom. The maximum atomic E-state index is 3.60. The van der Waals surface area contributed by atoms with Crippen molar-refractivity contribution >= 4 is 12.4 Å². The molecule has 1 N–H and O–H groups in total. The van der Waals surface area contributed by atoms with Crippen LogP contribution in [0.25, 0.3) is 0 Å². The molecule has 0 saturated heterocycles. The van der Waals surface area contributed by atoms with E-state index in [-0.39, 0.29) is 12.4 Å². The van der Waals surface area contributed by atoms with Gasteiger partial charge in [0, 0.05) is 5.54 Å². The van der Waals surface area contributed by atoms with Crippen molar-refractivity contribution < 1.29 is 0 Å². The van der Waals surface area contributed by atoms with Crippen LogP contribution in [0.2, 0.25) is 0 Å². The molecule has 2 aliphatic carbocycles. The molecule has 0 aromatic carbocycles. The molecule has 0 radical (unpaired) electrons. The summed E-state index contributed by atoms with van der Waals surface area (Å²) < 4.78 is 0. The molecule has 0 unspecified atom stereocenters. The normalized spacial score (nSPS) is 49.1. The summed E-state index contributed by atoms with van der Waals surface area (Å²) in [7, 11) is 2.13. The van der Waals surface area contributed by atoms with Crippen molar-refractivity contribution in [2.75, 3.05) is 7.05 Å². The minimum absolute atomic E-state index is 0. The van der Waals surface area contributed by atoms with Crippen LogP contribution in [-0.4, -0.2) is 12.6 Å². The summed E-state index contributed by atoms with van der Waals surface area (Å²) in [5.74, 6) is 0.940. The number of rotatable bonds is 1. The Kier molecular flexibility index (Phi) is 2.74. The SMILES string of the molecule is CN[C@@]1(C)C(C)(C)[C@@H]2CC[C@@]1(C)C2.Cl. The van der Waals surface area contributed by atoms with Gasteiger partial charge in [0.25, 0.3) is 0 Å². The third-order valence-electron chi connectivity index (χ3n) is 5.76. The van der Waals surface area contributed by atoms with Crippen molar-refractivity contribution in [2.45, 2.75) is 52.5 Å². The maximum absolute atomic E-state index is 3.60. The van der Waals surface area contributed by atoms with E-state index in [0.29, 0.717) is 16.4 Å². The van der Waals surface area contributed by atoms with Gasteiger partial charge in [-0.3, -0.25) is 0 Å². The van der Waals surface area contributed by atoms with Crippen LogP contribution in [0.15, 0.2) is 0 Å². The first-order valence-electron chi connectivity index (χ1n) is 5.56. The second-order valence-electron chi connectivity index (χ2n) is 6.10. The predicted octanol–water partition coefficient (Wildman–Crippen LogP) is 3.23. The van der Waals surface area contributed by atoms with Crippen LogP contribution >= 0.6 is 12.4 Å². The van der Waals surface area contributed by atoms with Gasteiger partial charge in [-0.05, 0) is 50.0 Å². The molecule has 2 aliphatic rings. The highest BCUT2D eigenvalue weighted by molar-refractivity contribution is 5.85. The van der Waals surface area contributed by atoms with Gasteiger partial charge in [0.15, 0.2) is 0 Å². The molecule has 84 valence electrons. The Labute approximate surface area is 94.4 Å². The first-order chi connectivity index (χ1) is 5.87. The largest absolute Gasteiger partial charge is 0.313 e. The molecule has 0 aliphatic heterocycles. The van der Waals surface area contributed by atoms with Crippen molar-refractivity contribution in [1.82, 2.24) is 5.32 Å². The van der Waals surface area contributed by atoms with E-state index in [1.807, 2.05) is 0 Å². The molecular formula is C12H24ClN. The van der Waals surface area contributed by atoms with Crippen molar-refractivity contribution in [3.63, 3.8) is 0 Å². The molecule has 0 amide bonds. The Bertz CT molecular complexity index is 232. The van der Waals surface area contributed by atoms with Crippen molar-refractivity contribution in [2.24, 2.45) is 16.7 Å². The Morgan fingerprint density at radius 2 is 1.71 bits per heavy atom. The quantitative estimate of drug-likeness (QED) is 0.711. The fourth-order valence-electron chi connectivity index (χ4n) is 4.12. The monoisotopic (exact) mass is 217 g/mol. The Balaban J connectivity index is 0.000000980.